The minimum absolute atomic E-state index is 0.946. The van der Waals surface area contributed by atoms with E-state index in [1.54, 1.807) is 0 Å². The van der Waals surface area contributed by atoms with Crippen molar-refractivity contribution < 1.29 is 93.0 Å². The number of Topliss-reactive ketones (excluding diaryl/α,β-unsaturated/α-hetero) is 7. The van der Waals surface area contributed by atoms with Gasteiger partial charge in [0.2, 0.25) is 39.6 Å². The SMILES string of the molecule is CC(C)(Br)C(=O)O[C@@]1(C(=O)C(C)(C)Br)[C@@](O)(C(=O)C(C)(C)Br)[C@](O)(C(=O)C(C)(C)Br)[C@@](OC2(CO)O[C@H](CO)[C@@H](O)[C@@H]2O)(C(=O)C(C)(C)Br)O[C@]1(C(=O)C(C)(C)Br)C(O)(C(=O)C(C)(C)Br)C(=O)C(C)(C)Br. The molecule has 9 atom stereocenters. The molecule has 0 bridgehead atoms. The summed E-state index contributed by atoms with van der Waals surface area (Å²) in [7, 11) is 0. The zero-order valence-electron chi connectivity index (χ0n) is 41.7. The predicted octanol–water partition coefficient (Wildman–Crippen LogP) is 4.12. The highest BCUT2D eigenvalue weighted by molar-refractivity contribution is 9.11. The second-order valence-corrected chi connectivity index (χ2v) is 37.4. The molecule has 0 spiro atoms. The van der Waals surface area contributed by atoms with E-state index >= 15 is 38.4 Å². The molecule has 2 fully saturated rings. The minimum Gasteiger partial charge on any atom is -0.442 e. The van der Waals surface area contributed by atoms with E-state index in [9.17, 15) is 35.7 Å². The van der Waals surface area contributed by atoms with Gasteiger partial charge in [-0.1, -0.05) is 127 Å². The molecular weight excluding hydrogens is 1470 g/mol. The van der Waals surface area contributed by atoms with Crippen molar-refractivity contribution in [2.75, 3.05) is 13.2 Å². The van der Waals surface area contributed by atoms with Gasteiger partial charge < -0.3 is 54.7 Å². The summed E-state index contributed by atoms with van der Waals surface area (Å²) in [5, 5.41) is 88.4. The lowest BCUT2D eigenvalue weighted by Gasteiger charge is -2.70. The first-order chi connectivity index (χ1) is 30.9. The normalized spacial score (nSPS) is 31.7. The van der Waals surface area contributed by atoms with Gasteiger partial charge in [-0.3, -0.25) is 38.4 Å². The molecule has 0 aromatic heterocycles. The molecule has 2 aliphatic rings. The van der Waals surface area contributed by atoms with Crippen LogP contribution in [0.2, 0.25) is 0 Å². The van der Waals surface area contributed by atoms with Crippen molar-refractivity contribution in [3.05, 3.63) is 0 Å². The fourth-order valence-electron chi connectivity index (χ4n) is 8.44. The number of hydrogen-bond acceptors (Lipinski definition) is 19. The summed E-state index contributed by atoms with van der Waals surface area (Å²) >= 11 is 24.9. The monoisotopic (exact) mass is 1530 g/mol. The largest absolute Gasteiger partial charge is 0.442 e. The lowest BCUT2D eigenvalue weighted by molar-refractivity contribution is -0.467. The molecule has 2 aliphatic heterocycles. The van der Waals surface area contributed by atoms with E-state index in [0.717, 1.165) is 111 Å². The van der Waals surface area contributed by atoms with Crippen molar-refractivity contribution in [3.63, 3.8) is 0 Å². The zero-order valence-corrected chi connectivity index (χ0v) is 54.4. The maximum atomic E-state index is 16.8. The van der Waals surface area contributed by atoms with E-state index in [1.807, 2.05) is 0 Å². The molecular formula is C44H62Br8O19. The predicted molar refractivity (Wildman–Crippen MR) is 284 cm³/mol. The molecule has 0 aliphatic carbocycles. The highest BCUT2D eigenvalue weighted by atomic mass is 79.9. The van der Waals surface area contributed by atoms with Crippen LogP contribution in [0.5, 0.6) is 0 Å². The number of ether oxygens (including phenoxy) is 4. The number of halogens is 8. The third-order valence-electron chi connectivity index (χ3n) is 11.8. The van der Waals surface area contributed by atoms with Crippen LogP contribution in [-0.2, 0) is 57.3 Å². The van der Waals surface area contributed by atoms with Gasteiger partial charge in [0.1, 0.15) is 29.2 Å². The van der Waals surface area contributed by atoms with Gasteiger partial charge in [-0.25, -0.2) is 0 Å². The first-order valence-electron chi connectivity index (χ1n) is 21.3. The number of carbonyl (C=O) groups is 8. The number of rotatable bonds is 21. The van der Waals surface area contributed by atoms with Gasteiger partial charge in [0.05, 0.1) is 36.9 Å². The smallest absolute Gasteiger partial charge is 0.323 e. The summed E-state index contributed by atoms with van der Waals surface area (Å²) in [6.45, 7) is 12.8. The topological polar surface area (TPSA) is 315 Å². The molecule has 27 heteroatoms. The first kappa shape index (κ1) is 67.7. The lowest BCUT2D eigenvalue weighted by atomic mass is 9.45. The molecule has 2 rings (SSSR count). The highest BCUT2D eigenvalue weighted by Gasteiger charge is 3.00. The Hall–Kier alpha value is 0.600. The van der Waals surface area contributed by atoms with Gasteiger partial charge in [-0.05, 0) is 111 Å². The summed E-state index contributed by atoms with van der Waals surface area (Å²) in [4.78, 5) is 129. The van der Waals surface area contributed by atoms with Crippen molar-refractivity contribution in [1.29, 1.82) is 0 Å². The van der Waals surface area contributed by atoms with Crippen LogP contribution >= 0.6 is 127 Å². The van der Waals surface area contributed by atoms with Gasteiger partial charge in [0.25, 0.3) is 5.79 Å². The third-order valence-corrected chi connectivity index (χ3v) is 14.6. The van der Waals surface area contributed by atoms with Crippen molar-refractivity contribution in [2.45, 2.75) is 203 Å². The molecule has 0 saturated carbocycles. The summed E-state index contributed by atoms with van der Waals surface area (Å²) in [5.74, 6) is -24.4. The fourth-order valence-corrected chi connectivity index (χ4v) is 10.5. The summed E-state index contributed by atoms with van der Waals surface area (Å²) in [6, 6.07) is 0. The van der Waals surface area contributed by atoms with Crippen molar-refractivity contribution in [2.24, 2.45) is 0 Å². The molecule has 1 unspecified atom stereocenters. The van der Waals surface area contributed by atoms with E-state index < -0.39 is 152 Å². The number of alkyl halides is 8. The van der Waals surface area contributed by atoms with E-state index in [-0.39, 0.29) is 0 Å². The lowest BCUT2D eigenvalue weighted by Crippen LogP contribution is -3.02. The molecule has 0 amide bonds. The van der Waals surface area contributed by atoms with Gasteiger partial charge in [0, 0.05) is 0 Å². The van der Waals surface area contributed by atoms with E-state index in [4.69, 9.17) is 18.9 Å². The van der Waals surface area contributed by atoms with Crippen LogP contribution < -0.4 is 0 Å². The second kappa shape index (κ2) is 20.4. The molecule has 0 aromatic rings. The molecule has 7 N–H and O–H groups in total. The van der Waals surface area contributed by atoms with Gasteiger partial charge in [-0.2, -0.15) is 0 Å². The molecule has 2 saturated heterocycles. The maximum Gasteiger partial charge on any atom is 0.323 e. The van der Waals surface area contributed by atoms with Gasteiger partial charge in [0.15, 0.2) is 34.7 Å². The minimum atomic E-state index is -5.07. The van der Waals surface area contributed by atoms with E-state index in [2.05, 4.69) is 127 Å². The molecule has 0 radical (unpaired) electrons. The third kappa shape index (κ3) is 10.7. The Morgan fingerprint density at radius 1 is 0.521 bits per heavy atom. The Bertz CT molecular complexity index is 2180. The number of ketones is 7. The number of esters is 1. The molecule has 2 heterocycles. The van der Waals surface area contributed by atoms with Crippen LogP contribution in [0, 0.1) is 0 Å². The molecule has 19 nitrogen and oxygen atoms in total. The van der Waals surface area contributed by atoms with E-state index in [1.165, 1.54) is 0 Å². The summed E-state index contributed by atoms with van der Waals surface area (Å²) < 4.78 is 5.46. The quantitative estimate of drug-likeness (QED) is 0.0483. The van der Waals surface area contributed by atoms with Crippen LogP contribution in [0.25, 0.3) is 0 Å². The van der Waals surface area contributed by atoms with Gasteiger partial charge in [-0.15, -0.1) is 0 Å². The average molecular weight is 1530 g/mol. The molecule has 408 valence electrons. The van der Waals surface area contributed by atoms with E-state index in [0.29, 0.717) is 0 Å². The van der Waals surface area contributed by atoms with Gasteiger partial charge >= 0.3 is 5.97 Å². The molecule has 71 heavy (non-hydrogen) atoms. The van der Waals surface area contributed by atoms with Crippen molar-refractivity contribution in [3.8, 4) is 0 Å². The van der Waals surface area contributed by atoms with Crippen LogP contribution in [-0.4, -0.2) is 188 Å². The fraction of sp³-hybridized carbons (Fsp3) is 0.818. The van der Waals surface area contributed by atoms with Crippen molar-refractivity contribution >= 4 is 174 Å². The number of aliphatic hydroxyl groups excluding tert-OH is 4. The first-order valence-corrected chi connectivity index (χ1v) is 27.7. The summed E-state index contributed by atoms with van der Waals surface area (Å²) in [6.07, 6.45) is -7.11. The zero-order chi connectivity index (χ0) is 57.1. The number of hydrogen-bond donors (Lipinski definition) is 7. The Kier molecular flexibility index (Phi) is 19.4. The van der Waals surface area contributed by atoms with Crippen molar-refractivity contribution in [1.82, 2.24) is 0 Å². The standard InChI is InChI=1S/C44H62Br8O19/c1-30(2,45)22(57)39(65,23(58)31(3,4)46)42(26(61)34(9,10)49)43(27(62)35(11,12)50,69-29(64)37(15,16)52)40(66,24(59)32(5,6)47)41(67,25(60)33(7,8)48)44(71-42,28(63)36(13,14)51)70-38(18-54)21(56)20(55)19(17-53)68-38/h19-21,53-56,65-67H,17-18H2,1-16H3/t19-,20-,21+,38?,40-,41-,42-,43+,44-/m1/s1. The average Bonchev–Trinajstić information content (AvgIpc) is 3.42. The number of carbonyl (C=O) groups excluding carboxylic acids is 8. The Morgan fingerprint density at radius 2 is 0.873 bits per heavy atom. The Morgan fingerprint density at radius 3 is 1.15 bits per heavy atom. The van der Waals surface area contributed by atoms with Crippen LogP contribution in [0.4, 0.5) is 0 Å². The summed E-state index contributed by atoms with van der Waals surface area (Å²) in [5.41, 5.74) is -24.4. The Labute approximate surface area is 479 Å². The highest BCUT2D eigenvalue weighted by Crippen LogP contribution is 2.67. The Balaban J connectivity index is 4.48. The molecule has 0 aromatic carbocycles. The number of aliphatic hydroxyl groups is 7. The van der Waals surface area contributed by atoms with Crippen LogP contribution in [0.1, 0.15) is 111 Å². The van der Waals surface area contributed by atoms with Crippen LogP contribution in [0.3, 0.4) is 0 Å². The maximum absolute atomic E-state index is 16.8. The second-order valence-electron chi connectivity index (χ2n) is 21.5. The van der Waals surface area contributed by atoms with Crippen LogP contribution in [0.15, 0.2) is 0 Å².